The first-order valence-corrected chi connectivity index (χ1v) is 4.39. The summed E-state index contributed by atoms with van der Waals surface area (Å²) < 4.78 is 0. The van der Waals surface area contributed by atoms with Crippen molar-refractivity contribution in [3.63, 3.8) is 0 Å². The molecule has 0 saturated heterocycles. The standard InChI is InChI=1S/C9H14N6/c1-6-3-2-4-13-7(6)5-14-9(12)15-8(10)11/h2-4H,5H2,1H3,(H6,10,11,12,14,15). The Bertz CT molecular complexity index is 391. The first-order valence-electron chi connectivity index (χ1n) is 4.39. The highest BCUT2D eigenvalue weighted by Gasteiger charge is 1.97. The number of guanidine groups is 2. The Morgan fingerprint density at radius 3 is 2.73 bits per heavy atom. The lowest BCUT2D eigenvalue weighted by molar-refractivity contribution is 0.962. The molecular formula is C9H14N6. The fraction of sp³-hybridized carbons (Fsp3) is 0.222. The van der Waals surface area contributed by atoms with E-state index in [9.17, 15) is 0 Å². The summed E-state index contributed by atoms with van der Waals surface area (Å²) in [5.41, 5.74) is 17.6. The van der Waals surface area contributed by atoms with Crippen molar-refractivity contribution in [2.75, 3.05) is 0 Å². The van der Waals surface area contributed by atoms with E-state index >= 15 is 0 Å². The predicted octanol–water partition coefficient (Wildman–Crippen LogP) is -0.522. The quantitative estimate of drug-likeness (QED) is 0.446. The Labute approximate surface area is 87.9 Å². The van der Waals surface area contributed by atoms with Gasteiger partial charge in [0.15, 0.2) is 5.96 Å². The zero-order valence-corrected chi connectivity index (χ0v) is 8.51. The zero-order chi connectivity index (χ0) is 11.3. The average Bonchev–Trinajstić information content (AvgIpc) is 2.15. The van der Waals surface area contributed by atoms with Crippen LogP contribution in [0.5, 0.6) is 0 Å². The molecular weight excluding hydrogens is 192 g/mol. The van der Waals surface area contributed by atoms with Gasteiger partial charge in [0, 0.05) is 6.20 Å². The van der Waals surface area contributed by atoms with E-state index in [4.69, 9.17) is 17.2 Å². The summed E-state index contributed by atoms with van der Waals surface area (Å²) >= 11 is 0. The van der Waals surface area contributed by atoms with Gasteiger partial charge in [-0.15, -0.1) is 0 Å². The van der Waals surface area contributed by atoms with Gasteiger partial charge >= 0.3 is 0 Å². The first kappa shape index (κ1) is 11.0. The maximum atomic E-state index is 5.45. The molecule has 0 saturated carbocycles. The highest BCUT2D eigenvalue weighted by atomic mass is 15.1. The van der Waals surface area contributed by atoms with Crippen LogP contribution in [0, 0.1) is 6.92 Å². The maximum absolute atomic E-state index is 5.45. The molecule has 6 heteroatoms. The number of aliphatic imine (C=N–C) groups is 2. The lowest BCUT2D eigenvalue weighted by Crippen LogP contribution is -2.26. The zero-order valence-electron chi connectivity index (χ0n) is 8.51. The molecule has 6 N–H and O–H groups in total. The number of rotatable bonds is 2. The minimum absolute atomic E-state index is 0.0556. The lowest BCUT2D eigenvalue weighted by Gasteiger charge is -2.00. The average molecular weight is 206 g/mol. The summed E-state index contributed by atoms with van der Waals surface area (Å²) in [6.45, 7) is 2.32. The highest BCUT2D eigenvalue weighted by Crippen LogP contribution is 2.04. The molecule has 15 heavy (non-hydrogen) atoms. The van der Waals surface area contributed by atoms with Crippen LogP contribution < -0.4 is 17.2 Å². The summed E-state index contributed by atoms with van der Waals surface area (Å²) in [5.74, 6) is -0.0472. The van der Waals surface area contributed by atoms with E-state index in [0.717, 1.165) is 11.3 Å². The number of pyridine rings is 1. The Morgan fingerprint density at radius 1 is 1.40 bits per heavy atom. The summed E-state index contributed by atoms with van der Waals surface area (Å²) in [6.07, 6.45) is 1.70. The Hall–Kier alpha value is -2.11. The van der Waals surface area contributed by atoms with Crippen LogP contribution in [0.4, 0.5) is 0 Å². The van der Waals surface area contributed by atoms with Gasteiger partial charge < -0.3 is 17.2 Å². The maximum Gasteiger partial charge on any atom is 0.218 e. The van der Waals surface area contributed by atoms with Gasteiger partial charge in [0.2, 0.25) is 5.96 Å². The van der Waals surface area contributed by atoms with Gasteiger partial charge in [-0.05, 0) is 18.6 Å². The Kier molecular flexibility index (Phi) is 3.61. The molecule has 1 rings (SSSR count). The molecule has 0 aliphatic rings. The normalized spacial score (nSPS) is 11.1. The van der Waals surface area contributed by atoms with E-state index in [1.54, 1.807) is 6.20 Å². The van der Waals surface area contributed by atoms with Gasteiger partial charge in [-0.3, -0.25) is 4.98 Å². The van der Waals surface area contributed by atoms with Crippen molar-refractivity contribution in [1.29, 1.82) is 0 Å². The molecule has 0 bridgehead atoms. The lowest BCUT2D eigenvalue weighted by atomic mass is 10.2. The molecule has 1 aromatic heterocycles. The number of nitrogens with zero attached hydrogens (tertiary/aromatic N) is 3. The summed E-state index contributed by atoms with van der Waals surface area (Å²) in [4.78, 5) is 11.7. The van der Waals surface area contributed by atoms with Crippen LogP contribution in [0.15, 0.2) is 28.3 Å². The minimum atomic E-state index is -0.103. The second-order valence-electron chi connectivity index (χ2n) is 2.98. The summed E-state index contributed by atoms with van der Waals surface area (Å²) in [7, 11) is 0. The number of nitrogens with two attached hydrogens (primary N) is 3. The number of hydrogen-bond donors (Lipinski definition) is 3. The molecule has 0 atom stereocenters. The van der Waals surface area contributed by atoms with E-state index in [1.807, 2.05) is 19.1 Å². The van der Waals surface area contributed by atoms with E-state index < -0.39 is 0 Å². The van der Waals surface area contributed by atoms with Crippen LogP contribution in [-0.2, 0) is 6.54 Å². The summed E-state index contributed by atoms with van der Waals surface area (Å²) in [6, 6.07) is 3.82. The van der Waals surface area contributed by atoms with E-state index in [-0.39, 0.29) is 11.9 Å². The first-order chi connectivity index (χ1) is 7.09. The molecule has 1 heterocycles. The Morgan fingerprint density at radius 2 is 2.13 bits per heavy atom. The second kappa shape index (κ2) is 4.94. The number of aromatic nitrogens is 1. The van der Waals surface area contributed by atoms with Gasteiger partial charge in [-0.25, -0.2) is 4.99 Å². The fourth-order valence-electron chi connectivity index (χ4n) is 1.01. The van der Waals surface area contributed by atoms with Crippen LogP contribution in [0.2, 0.25) is 0 Å². The Balaban J connectivity index is 2.72. The van der Waals surface area contributed by atoms with Crippen molar-refractivity contribution < 1.29 is 0 Å². The van der Waals surface area contributed by atoms with Gasteiger partial charge in [-0.2, -0.15) is 4.99 Å². The van der Waals surface area contributed by atoms with Gasteiger partial charge in [0.05, 0.1) is 12.2 Å². The molecule has 0 aromatic carbocycles. The van der Waals surface area contributed by atoms with E-state index in [0.29, 0.717) is 6.54 Å². The van der Waals surface area contributed by atoms with Crippen molar-refractivity contribution in [2.24, 2.45) is 27.2 Å². The summed E-state index contributed by atoms with van der Waals surface area (Å²) in [5, 5.41) is 0. The smallest absolute Gasteiger partial charge is 0.218 e. The van der Waals surface area contributed by atoms with E-state index in [2.05, 4.69) is 15.0 Å². The molecule has 80 valence electrons. The topological polar surface area (TPSA) is 116 Å². The largest absolute Gasteiger partial charge is 0.370 e. The van der Waals surface area contributed by atoms with Crippen LogP contribution >= 0.6 is 0 Å². The molecule has 0 aliphatic heterocycles. The molecule has 0 unspecified atom stereocenters. The molecule has 0 amide bonds. The van der Waals surface area contributed by atoms with E-state index in [1.165, 1.54) is 0 Å². The minimum Gasteiger partial charge on any atom is -0.370 e. The van der Waals surface area contributed by atoms with Crippen LogP contribution in [0.1, 0.15) is 11.3 Å². The van der Waals surface area contributed by atoms with Gasteiger partial charge in [0.1, 0.15) is 0 Å². The molecule has 1 aromatic rings. The van der Waals surface area contributed by atoms with Crippen LogP contribution in [0.25, 0.3) is 0 Å². The molecule has 0 aliphatic carbocycles. The van der Waals surface area contributed by atoms with Gasteiger partial charge in [0.25, 0.3) is 0 Å². The fourth-order valence-corrected chi connectivity index (χ4v) is 1.01. The van der Waals surface area contributed by atoms with Crippen molar-refractivity contribution >= 4 is 11.9 Å². The third-order valence-corrected chi connectivity index (χ3v) is 1.75. The molecule has 0 radical (unpaired) electrons. The van der Waals surface area contributed by atoms with Crippen LogP contribution in [-0.4, -0.2) is 16.9 Å². The van der Waals surface area contributed by atoms with Crippen molar-refractivity contribution in [3.8, 4) is 0 Å². The monoisotopic (exact) mass is 206 g/mol. The second-order valence-corrected chi connectivity index (χ2v) is 2.98. The van der Waals surface area contributed by atoms with Crippen molar-refractivity contribution in [3.05, 3.63) is 29.6 Å². The molecule has 0 fully saturated rings. The third kappa shape index (κ3) is 3.63. The number of aryl methyl sites for hydroxylation is 1. The number of hydrogen-bond acceptors (Lipinski definition) is 2. The molecule has 6 nitrogen and oxygen atoms in total. The third-order valence-electron chi connectivity index (χ3n) is 1.75. The molecule has 0 spiro atoms. The van der Waals surface area contributed by atoms with Gasteiger partial charge in [-0.1, -0.05) is 6.07 Å². The highest BCUT2D eigenvalue weighted by molar-refractivity contribution is 5.92. The van der Waals surface area contributed by atoms with Crippen molar-refractivity contribution in [1.82, 2.24) is 4.98 Å². The SMILES string of the molecule is Cc1cccnc1CN=C(N)N=C(N)N. The van der Waals surface area contributed by atoms with Crippen LogP contribution in [0.3, 0.4) is 0 Å². The predicted molar refractivity (Wildman–Crippen MR) is 60.1 cm³/mol. The van der Waals surface area contributed by atoms with Crippen molar-refractivity contribution in [2.45, 2.75) is 13.5 Å².